The molecule has 1 atom stereocenters. The molecular weight excluding hydrogens is 290 g/mol. The van der Waals surface area contributed by atoms with Gasteiger partial charge in [0.1, 0.15) is 0 Å². The van der Waals surface area contributed by atoms with E-state index in [0.29, 0.717) is 0 Å². The summed E-state index contributed by atoms with van der Waals surface area (Å²) in [5.41, 5.74) is 2.15. The quantitative estimate of drug-likeness (QED) is 0.945. The highest BCUT2D eigenvalue weighted by Crippen LogP contribution is 2.22. The number of carbonyl (C=O) groups is 1. The summed E-state index contributed by atoms with van der Waals surface area (Å²) in [6.07, 6.45) is 0.950. The summed E-state index contributed by atoms with van der Waals surface area (Å²) in [6.45, 7) is 7.19. The van der Waals surface area contributed by atoms with Gasteiger partial charge in [-0.25, -0.2) is 9.78 Å². The van der Waals surface area contributed by atoms with Crippen molar-refractivity contribution in [3.05, 3.63) is 24.3 Å². The van der Waals surface area contributed by atoms with Crippen molar-refractivity contribution in [2.75, 3.05) is 31.1 Å². The van der Waals surface area contributed by atoms with Gasteiger partial charge < -0.3 is 19.7 Å². The van der Waals surface area contributed by atoms with Crippen LogP contribution in [0.25, 0.3) is 11.0 Å². The van der Waals surface area contributed by atoms with Crippen LogP contribution in [-0.2, 0) is 7.05 Å². The van der Waals surface area contributed by atoms with E-state index in [1.54, 1.807) is 0 Å². The molecule has 1 aliphatic heterocycles. The predicted molar refractivity (Wildman–Crippen MR) is 92.8 cm³/mol. The van der Waals surface area contributed by atoms with E-state index in [1.807, 2.05) is 37.1 Å². The molecule has 1 N–H and O–H groups in total. The Morgan fingerprint density at radius 2 is 1.96 bits per heavy atom. The Hall–Kier alpha value is -2.24. The normalized spacial score (nSPS) is 16.7. The fraction of sp³-hybridized carbons (Fsp3) is 0.529. The Labute approximate surface area is 137 Å². The minimum absolute atomic E-state index is 0.0454. The van der Waals surface area contributed by atoms with Gasteiger partial charge >= 0.3 is 6.03 Å². The zero-order valence-electron chi connectivity index (χ0n) is 14.1. The van der Waals surface area contributed by atoms with E-state index in [2.05, 4.69) is 27.8 Å². The molecule has 1 unspecified atom stereocenters. The molecule has 1 aromatic carbocycles. The number of hydrogen-bond donors (Lipinski definition) is 1. The molecule has 6 nitrogen and oxygen atoms in total. The molecule has 0 aliphatic carbocycles. The summed E-state index contributed by atoms with van der Waals surface area (Å²) in [7, 11) is 2.05. The Kier molecular flexibility index (Phi) is 4.41. The molecule has 0 saturated carbocycles. The second-order valence-corrected chi connectivity index (χ2v) is 6.19. The summed E-state index contributed by atoms with van der Waals surface area (Å²) in [5, 5.41) is 3.03. The van der Waals surface area contributed by atoms with Crippen LogP contribution < -0.4 is 10.2 Å². The number of carbonyl (C=O) groups excluding carboxylic acids is 1. The van der Waals surface area contributed by atoms with Crippen molar-refractivity contribution >= 4 is 23.0 Å². The standard InChI is InChI=1S/C17H25N5O/c1-4-13(2)18-17(23)22-11-9-21(10-12-22)16-19-14-7-5-6-8-15(14)20(16)3/h5-8,13H,4,9-12H2,1-3H3,(H,18,23). The zero-order valence-corrected chi connectivity index (χ0v) is 14.1. The fourth-order valence-electron chi connectivity index (χ4n) is 2.93. The summed E-state index contributed by atoms with van der Waals surface area (Å²) < 4.78 is 2.13. The number of aromatic nitrogens is 2. The molecule has 2 amide bonds. The highest BCUT2D eigenvalue weighted by Gasteiger charge is 2.24. The lowest BCUT2D eigenvalue weighted by atomic mass is 10.2. The van der Waals surface area contributed by atoms with E-state index in [0.717, 1.165) is 49.6 Å². The lowest BCUT2D eigenvalue weighted by molar-refractivity contribution is 0.190. The second-order valence-electron chi connectivity index (χ2n) is 6.19. The van der Waals surface area contributed by atoms with E-state index in [1.165, 1.54) is 0 Å². The van der Waals surface area contributed by atoms with E-state index in [9.17, 15) is 4.79 Å². The second kappa shape index (κ2) is 6.48. The van der Waals surface area contributed by atoms with Crippen LogP contribution in [0.3, 0.4) is 0 Å². The summed E-state index contributed by atoms with van der Waals surface area (Å²) in [4.78, 5) is 21.1. The maximum atomic E-state index is 12.2. The maximum Gasteiger partial charge on any atom is 0.317 e. The monoisotopic (exact) mass is 315 g/mol. The first kappa shape index (κ1) is 15.6. The number of imidazole rings is 1. The van der Waals surface area contributed by atoms with Gasteiger partial charge in [-0.1, -0.05) is 19.1 Å². The number of rotatable bonds is 3. The molecule has 124 valence electrons. The van der Waals surface area contributed by atoms with Gasteiger partial charge in [0, 0.05) is 39.3 Å². The number of nitrogens with one attached hydrogen (secondary N) is 1. The third-order valence-corrected chi connectivity index (χ3v) is 4.60. The largest absolute Gasteiger partial charge is 0.339 e. The minimum atomic E-state index is 0.0454. The molecule has 6 heteroatoms. The molecule has 2 aromatic rings. The van der Waals surface area contributed by atoms with E-state index < -0.39 is 0 Å². The number of hydrogen-bond acceptors (Lipinski definition) is 3. The average Bonchev–Trinajstić information content (AvgIpc) is 2.92. The van der Waals surface area contributed by atoms with Crippen molar-refractivity contribution in [3.8, 4) is 0 Å². The zero-order chi connectivity index (χ0) is 16.4. The summed E-state index contributed by atoms with van der Waals surface area (Å²) in [5.74, 6) is 0.980. The van der Waals surface area contributed by atoms with Crippen LogP contribution in [-0.4, -0.2) is 52.7 Å². The number of aryl methyl sites for hydroxylation is 1. The first-order valence-corrected chi connectivity index (χ1v) is 8.32. The lowest BCUT2D eigenvalue weighted by Gasteiger charge is -2.35. The summed E-state index contributed by atoms with van der Waals surface area (Å²) in [6, 6.07) is 8.43. The number of para-hydroxylation sites is 2. The number of amides is 2. The van der Waals surface area contributed by atoms with E-state index >= 15 is 0 Å². The Morgan fingerprint density at radius 3 is 2.61 bits per heavy atom. The highest BCUT2D eigenvalue weighted by atomic mass is 16.2. The smallest absolute Gasteiger partial charge is 0.317 e. The van der Waals surface area contributed by atoms with Crippen LogP contribution in [0.15, 0.2) is 24.3 Å². The van der Waals surface area contributed by atoms with Crippen molar-refractivity contribution < 1.29 is 4.79 Å². The Morgan fingerprint density at radius 1 is 1.26 bits per heavy atom. The Bertz CT molecular complexity index is 687. The number of anilines is 1. The van der Waals surface area contributed by atoms with Gasteiger partial charge in [-0.3, -0.25) is 0 Å². The van der Waals surface area contributed by atoms with E-state index in [4.69, 9.17) is 4.98 Å². The molecule has 3 rings (SSSR count). The fourth-order valence-corrected chi connectivity index (χ4v) is 2.93. The molecule has 1 saturated heterocycles. The number of piperazine rings is 1. The lowest BCUT2D eigenvalue weighted by Crippen LogP contribution is -2.53. The summed E-state index contributed by atoms with van der Waals surface area (Å²) >= 11 is 0. The van der Waals surface area contributed by atoms with Crippen molar-refractivity contribution in [1.29, 1.82) is 0 Å². The molecule has 0 bridgehead atoms. The van der Waals surface area contributed by atoms with Crippen LogP contribution in [0.2, 0.25) is 0 Å². The molecule has 1 aromatic heterocycles. The predicted octanol–water partition coefficient (Wildman–Crippen LogP) is 2.20. The highest BCUT2D eigenvalue weighted by molar-refractivity contribution is 5.79. The van der Waals surface area contributed by atoms with Crippen LogP contribution >= 0.6 is 0 Å². The third-order valence-electron chi connectivity index (χ3n) is 4.60. The van der Waals surface area contributed by atoms with Crippen LogP contribution in [0, 0.1) is 0 Å². The van der Waals surface area contributed by atoms with Crippen LogP contribution in [0.1, 0.15) is 20.3 Å². The minimum Gasteiger partial charge on any atom is -0.339 e. The van der Waals surface area contributed by atoms with E-state index in [-0.39, 0.29) is 12.1 Å². The first-order valence-electron chi connectivity index (χ1n) is 8.32. The van der Waals surface area contributed by atoms with Gasteiger partial charge in [0.05, 0.1) is 11.0 Å². The van der Waals surface area contributed by atoms with Crippen molar-refractivity contribution in [2.45, 2.75) is 26.3 Å². The molecular formula is C17H25N5O. The van der Waals surface area contributed by atoms with Gasteiger partial charge in [-0.05, 0) is 25.5 Å². The van der Waals surface area contributed by atoms with Gasteiger partial charge in [-0.15, -0.1) is 0 Å². The van der Waals surface area contributed by atoms with Crippen LogP contribution in [0.4, 0.5) is 10.7 Å². The molecule has 1 aliphatic rings. The van der Waals surface area contributed by atoms with Gasteiger partial charge in [0.2, 0.25) is 5.95 Å². The van der Waals surface area contributed by atoms with Gasteiger partial charge in [0.25, 0.3) is 0 Å². The van der Waals surface area contributed by atoms with Crippen molar-refractivity contribution in [3.63, 3.8) is 0 Å². The molecule has 0 radical (unpaired) electrons. The van der Waals surface area contributed by atoms with Crippen molar-refractivity contribution in [1.82, 2.24) is 19.8 Å². The molecule has 23 heavy (non-hydrogen) atoms. The van der Waals surface area contributed by atoms with Crippen LogP contribution in [0.5, 0.6) is 0 Å². The SMILES string of the molecule is CCC(C)NC(=O)N1CCN(c2nc3ccccc3n2C)CC1. The molecule has 1 fully saturated rings. The van der Waals surface area contributed by atoms with Crippen molar-refractivity contribution in [2.24, 2.45) is 7.05 Å². The maximum absolute atomic E-state index is 12.2. The number of fused-ring (bicyclic) bond motifs is 1. The molecule has 0 spiro atoms. The first-order chi connectivity index (χ1) is 11.1. The number of benzene rings is 1. The molecule has 2 heterocycles. The third kappa shape index (κ3) is 3.11. The Balaban J connectivity index is 1.66. The van der Waals surface area contributed by atoms with Gasteiger partial charge in [-0.2, -0.15) is 0 Å². The number of nitrogens with zero attached hydrogens (tertiary/aromatic N) is 4. The number of urea groups is 1. The topological polar surface area (TPSA) is 53.4 Å². The van der Waals surface area contributed by atoms with Gasteiger partial charge in [0.15, 0.2) is 0 Å². The average molecular weight is 315 g/mol.